The zero-order valence-electron chi connectivity index (χ0n) is 40.5. The van der Waals surface area contributed by atoms with E-state index in [1.54, 1.807) is 0 Å². The fourth-order valence-electron chi connectivity index (χ4n) is 0. The average molecular weight is 498 g/mol. The Kier molecular flexibility index (Phi) is 1190. The van der Waals surface area contributed by atoms with E-state index in [0.29, 0.717) is 0 Å². The molecule has 0 atom stereocenters. The molecule has 0 aromatic carbocycles. The summed E-state index contributed by atoms with van der Waals surface area (Å²) in [5.74, 6) is 0. The van der Waals surface area contributed by atoms with Gasteiger partial charge in [-0.2, -0.15) is 0 Å². The summed E-state index contributed by atoms with van der Waals surface area (Å²) in [6.07, 6.45) is 0. The summed E-state index contributed by atoms with van der Waals surface area (Å²) < 4.78 is 0. The Morgan fingerprint density at radius 3 is 0.143 bits per heavy atom. The van der Waals surface area contributed by atoms with Gasteiger partial charge >= 0.3 is 591 Å². The van der Waals surface area contributed by atoms with Crippen molar-refractivity contribution < 1.29 is 625 Å². The van der Waals surface area contributed by atoms with E-state index in [4.69, 9.17) is 0 Å². The largest absolute Gasteiger partial charge is 1.00 e. The normalized spacial score (nSPS) is 0. The predicted octanol–water partition coefficient (Wildman–Crippen LogP) is -58.5. The molecule has 0 aliphatic carbocycles. The zero-order valence-corrected chi connectivity index (χ0v) is 60.5. The number of rotatable bonds is 0. The van der Waals surface area contributed by atoms with Crippen LogP contribution in [-0.4, -0.2) is 5.48 Å². The van der Waals surface area contributed by atoms with Gasteiger partial charge in [0.15, 0.2) is 0 Å². The van der Waals surface area contributed by atoms with Crippen LogP contribution in [0.4, 0.5) is 0 Å². The Morgan fingerprint density at radius 1 is 0.143 bits per heavy atom. The maximum atomic E-state index is 0. The molecule has 0 aromatic rings. The zero-order chi connectivity index (χ0) is 0. The second kappa shape index (κ2) is 152. The Morgan fingerprint density at radius 2 is 0.143 bits per heavy atom. The van der Waals surface area contributed by atoms with Gasteiger partial charge in [0.25, 0.3) is 0 Å². The van der Waals surface area contributed by atoms with Crippen molar-refractivity contribution in [3.05, 3.63) is 0 Å². The summed E-state index contributed by atoms with van der Waals surface area (Å²) in [6, 6.07) is 0. The molecule has 0 aliphatic rings. The Labute approximate surface area is 605 Å². The predicted molar refractivity (Wildman–Crippen MR) is 25.9 cm³/mol. The molecular formula is H22Na20O. The first-order valence-corrected chi connectivity index (χ1v) is 0. The van der Waals surface area contributed by atoms with Crippen LogP contribution in [0.1, 0.15) is 28.5 Å². The van der Waals surface area contributed by atoms with E-state index >= 15 is 0 Å². The van der Waals surface area contributed by atoms with E-state index < -0.39 is 0 Å². The van der Waals surface area contributed by atoms with Crippen molar-refractivity contribution >= 4 is 0 Å². The van der Waals surface area contributed by atoms with Gasteiger partial charge < -0.3 is 34.0 Å². The van der Waals surface area contributed by atoms with Crippen molar-refractivity contribution in [2.75, 3.05) is 0 Å². The van der Waals surface area contributed by atoms with Gasteiger partial charge in [0.1, 0.15) is 0 Å². The van der Waals surface area contributed by atoms with Gasteiger partial charge in [-0.25, -0.2) is 0 Å². The summed E-state index contributed by atoms with van der Waals surface area (Å²) in [6.45, 7) is 0. The smallest absolute Gasteiger partial charge is 1.00 e. The molecule has 0 saturated heterocycles. The minimum absolute atomic E-state index is 0. The van der Waals surface area contributed by atoms with Crippen LogP contribution >= 0.6 is 0 Å². The molecule has 48 valence electrons. The molecule has 0 aromatic heterocycles. The van der Waals surface area contributed by atoms with Crippen LogP contribution in [-0.2, 0) is 0 Å². The van der Waals surface area contributed by atoms with Crippen molar-refractivity contribution in [2.45, 2.75) is 0 Å². The Hall–Kier alpha value is 20.0. The van der Waals surface area contributed by atoms with Crippen molar-refractivity contribution in [2.24, 2.45) is 0 Å². The molecule has 2 N–H and O–H groups in total. The van der Waals surface area contributed by atoms with Crippen LogP contribution in [0.5, 0.6) is 0 Å². The summed E-state index contributed by atoms with van der Waals surface area (Å²) in [5.41, 5.74) is 0. The van der Waals surface area contributed by atoms with Gasteiger partial charge in [-0.3, -0.25) is 0 Å². The molecule has 1 nitrogen and oxygen atoms in total. The fraction of sp³-hybridized carbons (Fsp3) is 0. The quantitative estimate of drug-likeness (QED) is 0.298. The molecule has 21 heteroatoms. The molecule has 21 heavy (non-hydrogen) atoms. The fourth-order valence-corrected chi connectivity index (χ4v) is 0. The molecule has 0 heterocycles. The van der Waals surface area contributed by atoms with Crippen LogP contribution < -0.4 is 591 Å². The molecule has 0 bridgehead atoms. The Bertz CT molecular complexity index is 46.8. The summed E-state index contributed by atoms with van der Waals surface area (Å²) in [4.78, 5) is 0. The van der Waals surface area contributed by atoms with Crippen LogP contribution in [0.2, 0.25) is 0 Å². The second-order valence-corrected chi connectivity index (χ2v) is 0. The van der Waals surface area contributed by atoms with E-state index in [9.17, 15) is 0 Å². The first kappa shape index (κ1) is 164. The van der Waals surface area contributed by atoms with Crippen molar-refractivity contribution in [3.8, 4) is 0 Å². The third-order valence-electron chi connectivity index (χ3n) is 0. The second-order valence-electron chi connectivity index (χ2n) is 0. The molecule has 0 aliphatic heterocycles. The van der Waals surface area contributed by atoms with Gasteiger partial charge in [-0.15, -0.1) is 0 Å². The number of hydrogen-bond donors (Lipinski definition) is 0. The maximum Gasteiger partial charge on any atom is 1.00 e. The van der Waals surface area contributed by atoms with Gasteiger partial charge in [-0.05, 0) is 0 Å². The van der Waals surface area contributed by atoms with Gasteiger partial charge in [0, 0.05) is 0 Å². The molecule has 0 saturated carbocycles. The monoisotopic (exact) mass is 498 g/mol. The molecule has 0 amide bonds. The van der Waals surface area contributed by atoms with Crippen LogP contribution in [0.25, 0.3) is 0 Å². The van der Waals surface area contributed by atoms with Crippen LogP contribution in [0.3, 0.4) is 0 Å². The maximum absolute atomic E-state index is 0. The third kappa shape index (κ3) is 145. The van der Waals surface area contributed by atoms with Gasteiger partial charge in [0.05, 0.1) is 0 Å². The van der Waals surface area contributed by atoms with E-state index in [2.05, 4.69) is 0 Å². The summed E-state index contributed by atoms with van der Waals surface area (Å²) in [7, 11) is 0. The Balaban J connectivity index is 0. The average Bonchev–Trinajstić information content (AvgIpc) is 0. The summed E-state index contributed by atoms with van der Waals surface area (Å²) >= 11 is 0. The molecule has 0 spiro atoms. The van der Waals surface area contributed by atoms with Crippen molar-refractivity contribution in [3.63, 3.8) is 0 Å². The van der Waals surface area contributed by atoms with Crippen molar-refractivity contribution in [1.82, 2.24) is 0 Å². The number of hydrogen-bond acceptors (Lipinski definition) is 0. The van der Waals surface area contributed by atoms with Crippen LogP contribution in [0.15, 0.2) is 0 Å². The molecule has 0 rings (SSSR count). The molecule has 0 fully saturated rings. The SMILES string of the molecule is O.[H-].[H-].[H-].[H-].[H-].[H-].[H-].[H-].[H-].[H-].[H-].[H-].[H-].[H-].[H-].[H-].[H-].[H-].[H-].[H-].[Na+].[Na+].[Na+].[Na+].[Na+].[Na+].[Na+].[Na+].[Na+].[Na+].[Na+].[Na+].[Na+].[Na+].[Na+].[Na+].[Na+].[Na+].[Na+].[Na+]. The topological polar surface area (TPSA) is 31.5 Å². The molecule has 0 radical (unpaired) electrons. The molecular weight excluding hydrogens is 476 g/mol. The minimum Gasteiger partial charge on any atom is -1.00 e. The first-order valence-electron chi connectivity index (χ1n) is 0. The van der Waals surface area contributed by atoms with E-state index in [1.807, 2.05) is 0 Å². The minimum atomic E-state index is 0. The van der Waals surface area contributed by atoms with Crippen molar-refractivity contribution in [1.29, 1.82) is 0 Å². The van der Waals surface area contributed by atoms with Gasteiger partial charge in [-0.1, -0.05) is 0 Å². The van der Waals surface area contributed by atoms with Gasteiger partial charge in [0.2, 0.25) is 0 Å². The van der Waals surface area contributed by atoms with Crippen LogP contribution in [0, 0.1) is 0 Å². The first-order chi connectivity index (χ1) is 0. The van der Waals surface area contributed by atoms with E-state index in [0.717, 1.165) is 0 Å². The van der Waals surface area contributed by atoms with E-state index in [1.165, 1.54) is 0 Å². The van der Waals surface area contributed by atoms with E-state index in [-0.39, 0.29) is 625 Å². The molecule has 0 unspecified atom stereocenters. The standard InChI is InChI=1S/20Na.H2O.20H/h;;;;;;;;;;;;;;;;;;;;1H2;;;;;;;;;;;;;;;;;;;;/q20*+1;;20*-1. The third-order valence-corrected chi connectivity index (χ3v) is 0. The summed E-state index contributed by atoms with van der Waals surface area (Å²) in [5, 5.41) is 0.